The molecule has 6 heteroatoms. The molecule has 2 fully saturated rings. The number of furan rings is 1. The van der Waals surface area contributed by atoms with E-state index in [1.54, 1.807) is 18.2 Å². The Bertz CT molecular complexity index is 895. The maximum Gasteiger partial charge on any atom is 0.289 e. The van der Waals surface area contributed by atoms with Crippen molar-refractivity contribution in [3.8, 4) is 6.07 Å². The molecular formula is C22H24FN3O2. The van der Waals surface area contributed by atoms with Crippen molar-refractivity contribution >= 4 is 5.91 Å². The van der Waals surface area contributed by atoms with Gasteiger partial charge in [0.25, 0.3) is 5.91 Å². The molecule has 2 aliphatic heterocycles. The molecule has 5 nitrogen and oxygen atoms in total. The molecule has 0 spiro atoms. The number of halogens is 1. The molecular weight excluding hydrogens is 357 g/mol. The molecule has 3 heterocycles. The second-order valence-electron chi connectivity index (χ2n) is 7.79. The first kappa shape index (κ1) is 18.7. The van der Waals surface area contributed by atoms with Gasteiger partial charge in [-0.1, -0.05) is 6.07 Å². The standard InChI is InChI=1S/C22H24FN3O2/c23-20-5-3-16(12-18(20)13-24)11-17-7-10-26(14-17)22(27)21-6-4-19(28-21)15-25-8-1-2-9-25/h3-6,12,17H,1-2,7-11,14-15H2. The molecule has 0 saturated carbocycles. The smallest absolute Gasteiger partial charge is 0.289 e. The molecule has 0 aliphatic carbocycles. The summed E-state index contributed by atoms with van der Waals surface area (Å²) in [4.78, 5) is 16.9. The summed E-state index contributed by atoms with van der Waals surface area (Å²) in [5.74, 6) is 1.00. The van der Waals surface area contributed by atoms with Crippen LogP contribution in [0.3, 0.4) is 0 Å². The molecule has 146 valence electrons. The van der Waals surface area contributed by atoms with Gasteiger partial charge in [0.2, 0.25) is 0 Å². The largest absolute Gasteiger partial charge is 0.455 e. The first-order valence-electron chi connectivity index (χ1n) is 9.91. The minimum absolute atomic E-state index is 0.0630. The van der Waals surface area contributed by atoms with E-state index in [0.29, 0.717) is 24.8 Å². The van der Waals surface area contributed by atoms with Crippen LogP contribution in [0, 0.1) is 23.1 Å². The van der Waals surface area contributed by atoms with Gasteiger partial charge < -0.3 is 9.32 Å². The molecule has 2 aliphatic rings. The number of likely N-dealkylation sites (tertiary alicyclic amines) is 2. The summed E-state index contributed by atoms with van der Waals surface area (Å²) >= 11 is 0. The topological polar surface area (TPSA) is 60.5 Å². The number of hydrogen-bond acceptors (Lipinski definition) is 4. The third kappa shape index (κ3) is 4.10. The van der Waals surface area contributed by atoms with E-state index in [1.165, 1.54) is 18.9 Å². The van der Waals surface area contributed by atoms with E-state index in [1.807, 2.05) is 17.0 Å². The zero-order chi connectivity index (χ0) is 19.5. The van der Waals surface area contributed by atoms with Crippen molar-refractivity contribution in [1.29, 1.82) is 5.26 Å². The maximum atomic E-state index is 13.5. The second-order valence-corrected chi connectivity index (χ2v) is 7.79. The molecule has 2 aromatic rings. The fraction of sp³-hybridized carbons (Fsp3) is 0.455. The minimum Gasteiger partial charge on any atom is -0.455 e. The maximum absolute atomic E-state index is 13.5. The Hall–Kier alpha value is -2.65. The van der Waals surface area contributed by atoms with Crippen LogP contribution in [0.25, 0.3) is 0 Å². The van der Waals surface area contributed by atoms with Gasteiger partial charge in [-0.15, -0.1) is 0 Å². The Kier molecular flexibility index (Phi) is 5.45. The van der Waals surface area contributed by atoms with E-state index in [4.69, 9.17) is 9.68 Å². The van der Waals surface area contributed by atoms with Crippen LogP contribution in [0.15, 0.2) is 34.7 Å². The molecule has 1 aromatic heterocycles. The Morgan fingerprint density at radius 1 is 1.21 bits per heavy atom. The number of nitrogens with zero attached hydrogens (tertiary/aromatic N) is 3. The predicted molar refractivity (Wildman–Crippen MR) is 102 cm³/mol. The zero-order valence-electron chi connectivity index (χ0n) is 15.9. The highest BCUT2D eigenvalue weighted by atomic mass is 19.1. The zero-order valence-corrected chi connectivity index (χ0v) is 15.9. The lowest BCUT2D eigenvalue weighted by atomic mass is 9.97. The number of carbonyl (C=O) groups excluding carboxylic acids is 1. The highest BCUT2D eigenvalue weighted by Gasteiger charge is 2.29. The van der Waals surface area contributed by atoms with Crippen molar-refractivity contribution in [2.45, 2.75) is 32.2 Å². The molecule has 1 atom stereocenters. The number of amides is 1. The van der Waals surface area contributed by atoms with Crippen molar-refractivity contribution in [1.82, 2.24) is 9.80 Å². The van der Waals surface area contributed by atoms with Gasteiger partial charge >= 0.3 is 0 Å². The number of carbonyl (C=O) groups is 1. The van der Waals surface area contributed by atoms with Gasteiger partial charge in [0.05, 0.1) is 12.1 Å². The summed E-state index contributed by atoms with van der Waals surface area (Å²) in [6, 6.07) is 10.2. The summed E-state index contributed by atoms with van der Waals surface area (Å²) in [6.07, 6.45) is 4.08. The molecule has 0 radical (unpaired) electrons. The van der Waals surface area contributed by atoms with Gasteiger partial charge in [0.15, 0.2) is 5.76 Å². The average molecular weight is 381 g/mol. The van der Waals surface area contributed by atoms with Crippen LogP contribution in [0.1, 0.15) is 46.7 Å². The highest BCUT2D eigenvalue weighted by molar-refractivity contribution is 5.91. The molecule has 0 bridgehead atoms. The summed E-state index contributed by atoms with van der Waals surface area (Å²) in [5.41, 5.74) is 1.01. The highest BCUT2D eigenvalue weighted by Crippen LogP contribution is 2.24. The third-order valence-electron chi connectivity index (χ3n) is 5.70. The summed E-state index contributed by atoms with van der Waals surface area (Å²) < 4.78 is 19.3. The average Bonchev–Trinajstić information content (AvgIpc) is 3.45. The van der Waals surface area contributed by atoms with E-state index >= 15 is 0 Å². The predicted octanol–water partition coefficient (Wildman–Crippen LogP) is 3.59. The Balaban J connectivity index is 1.34. The van der Waals surface area contributed by atoms with Crippen LogP contribution in [0.5, 0.6) is 0 Å². The summed E-state index contributed by atoms with van der Waals surface area (Å²) in [6.45, 7) is 4.29. The lowest BCUT2D eigenvalue weighted by Crippen LogP contribution is -2.28. The monoisotopic (exact) mass is 381 g/mol. The number of benzene rings is 1. The van der Waals surface area contributed by atoms with Crippen molar-refractivity contribution in [3.63, 3.8) is 0 Å². The van der Waals surface area contributed by atoms with Gasteiger partial charge in [-0.3, -0.25) is 9.69 Å². The van der Waals surface area contributed by atoms with Crippen LogP contribution in [0.4, 0.5) is 4.39 Å². The normalized spacial score (nSPS) is 19.9. The van der Waals surface area contributed by atoms with E-state index in [0.717, 1.165) is 43.8 Å². The van der Waals surface area contributed by atoms with E-state index in [9.17, 15) is 9.18 Å². The second kappa shape index (κ2) is 8.15. The number of rotatable bonds is 5. The van der Waals surface area contributed by atoms with Crippen LogP contribution in [-0.2, 0) is 13.0 Å². The molecule has 2 saturated heterocycles. The Morgan fingerprint density at radius 2 is 2.04 bits per heavy atom. The van der Waals surface area contributed by atoms with Crippen LogP contribution in [-0.4, -0.2) is 41.9 Å². The van der Waals surface area contributed by atoms with Crippen molar-refractivity contribution in [2.75, 3.05) is 26.2 Å². The summed E-state index contributed by atoms with van der Waals surface area (Å²) in [7, 11) is 0. The first-order valence-corrected chi connectivity index (χ1v) is 9.91. The first-order chi connectivity index (χ1) is 13.6. The van der Waals surface area contributed by atoms with Gasteiger partial charge in [0.1, 0.15) is 17.6 Å². The molecule has 4 rings (SSSR count). The minimum atomic E-state index is -0.489. The van der Waals surface area contributed by atoms with Crippen LogP contribution >= 0.6 is 0 Å². The number of hydrogen-bond donors (Lipinski definition) is 0. The van der Waals surface area contributed by atoms with Crippen molar-refractivity contribution in [3.05, 3.63) is 58.8 Å². The van der Waals surface area contributed by atoms with Crippen molar-refractivity contribution in [2.24, 2.45) is 5.92 Å². The van der Waals surface area contributed by atoms with E-state index in [2.05, 4.69) is 4.90 Å². The lowest BCUT2D eigenvalue weighted by Gasteiger charge is -2.15. The lowest BCUT2D eigenvalue weighted by molar-refractivity contribution is 0.0752. The fourth-order valence-corrected chi connectivity index (χ4v) is 4.20. The Labute approximate surface area is 164 Å². The third-order valence-corrected chi connectivity index (χ3v) is 5.70. The molecule has 1 unspecified atom stereocenters. The van der Waals surface area contributed by atoms with Crippen LogP contribution in [0.2, 0.25) is 0 Å². The molecule has 0 N–H and O–H groups in total. The summed E-state index contributed by atoms with van der Waals surface area (Å²) in [5, 5.41) is 8.98. The van der Waals surface area contributed by atoms with Crippen LogP contribution < -0.4 is 0 Å². The van der Waals surface area contributed by atoms with Crippen molar-refractivity contribution < 1.29 is 13.6 Å². The van der Waals surface area contributed by atoms with Gasteiger partial charge in [0, 0.05) is 13.1 Å². The quantitative estimate of drug-likeness (QED) is 0.794. The van der Waals surface area contributed by atoms with Gasteiger partial charge in [-0.05, 0) is 74.5 Å². The van der Waals surface area contributed by atoms with Gasteiger partial charge in [-0.2, -0.15) is 5.26 Å². The Morgan fingerprint density at radius 3 is 2.82 bits per heavy atom. The molecule has 1 aromatic carbocycles. The number of nitriles is 1. The SMILES string of the molecule is N#Cc1cc(CC2CCN(C(=O)c3ccc(CN4CCCC4)o3)C2)ccc1F. The van der Waals surface area contributed by atoms with E-state index in [-0.39, 0.29) is 11.5 Å². The van der Waals surface area contributed by atoms with Gasteiger partial charge in [-0.25, -0.2) is 4.39 Å². The fourth-order valence-electron chi connectivity index (χ4n) is 4.20. The molecule has 28 heavy (non-hydrogen) atoms. The van der Waals surface area contributed by atoms with E-state index < -0.39 is 5.82 Å². The molecule has 1 amide bonds.